The number of fused-ring (bicyclic) bond motifs is 2. The van der Waals surface area contributed by atoms with E-state index in [0.29, 0.717) is 69.8 Å². The van der Waals surface area contributed by atoms with Gasteiger partial charge in [0.2, 0.25) is 0 Å². The van der Waals surface area contributed by atoms with Crippen LogP contribution in [0.1, 0.15) is 35.2 Å². The molecule has 200 valence electrons. The van der Waals surface area contributed by atoms with Crippen LogP contribution in [0.2, 0.25) is 0 Å². The number of ether oxygens (including phenoxy) is 4. The molecule has 0 aromatic heterocycles. The third kappa shape index (κ3) is 6.81. The van der Waals surface area contributed by atoms with Gasteiger partial charge in [0, 0.05) is 57.2 Å². The summed E-state index contributed by atoms with van der Waals surface area (Å²) in [5.74, 6) is 0.198. The van der Waals surface area contributed by atoms with Crippen LogP contribution in [0, 0.1) is 0 Å². The predicted molar refractivity (Wildman–Crippen MR) is 133 cm³/mol. The fourth-order valence-corrected chi connectivity index (χ4v) is 4.68. The van der Waals surface area contributed by atoms with Crippen LogP contribution in [-0.2, 0) is 6.54 Å². The van der Waals surface area contributed by atoms with Crippen molar-refractivity contribution >= 4 is 5.91 Å². The SMILES string of the molecule is O=C1NCc2cc(OCCNCCCOc3ccc4c(c3)OC[C@@H](CN3CCC(F)(F)CC3)O4)ccc21. The van der Waals surface area contributed by atoms with Crippen LogP contribution >= 0.6 is 0 Å². The molecule has 3 aliphatic heterocycles. The number of alkyl halides is 2. The summed E-state index contributed by atoms with van der Waals surface area (Å²) in [6, 6.07) is 11.0. The molecule has 2 N–H and O–H groups in total. The van der Waals surface area contributed by atoms with Gasteiger partial charge in [-0.15, -0.1) is 0 Å². The molecular weight excluding hydrogens is 484 g/mol. The lowest BCUT2D eigenvalue weighted by atomic mass is 10.1. The number of carbonyl (C=O) groups excluding carboxylic acids is 1. The minimum Gasteiger partial charge on any atom is -0.493 e. The standard InChI is InChI=1S/C27H33F2N3O5/c28-27(29)6-10-32(11-7-27)17-22-18-36-25-15-21(3-5-24(25)37-22)34-12-1-8-30-9-13-35-20-2-4-23-19(14-20)16-31-26(23)33/h2-5,14-15,22,30H,1,6-13,16-18H2,(H,31,33)/t22-/m1/s1. The summed E-state index contributed by atoms with van der Waals surface area (Å²) in [5.41, 5.74) is 1.69. The molecule has 0 unspecified atom stereocenters. The van der Waals surface area contributed by atoms with E-state index in [1.54, 1.807) is 6.07 Å². The van der Waals surface area contributed by atoms with Crippen LogP contribution in [0.4, 0.5) is 8.78 Å². The molecule has 1 amide bonds. The number of hydrogen-bond donors (Lipinski definition) is 2. The largest absolute Gasteiger partial charge is 0.493 e. The van der Waals surface area contributed by atoms with E-state index in [9.17, 15) is 13.6 Å². The highest BCUT2D eigenvalue weighted by molar-refractivity contribution is 5.98. The maximum atomic E-state index is 13.4. The summed E-state index contributed by atoms with van der Waals surface area (Å²) in [5, 5.41) is 6.13. The molecule has 0 spiro atoms. The van der Waals surface area contributed by atoms with Crippen molar-refractivity contribution in [1.82, 2.24) is 15.5 Å². The fourth-order valence-electron chi connectivity index (χ4n) is 4.68. The molecule has 1 fully saturated rings. The Morgan fingerprint density at radius 1 is 1.03 bits per heavy atom. The number of carbonyl (C=O) groups is 1. The monoisotopic (exact) mass is 517 g/mol. The van der Waals surface area contributed by atoms with Gasteiger partial charge in [-0.05, 0) is 48.9 Å². The molecule has 0 aliphatic carbocycles. The van der Waals surface area contributed by atoms with E-state index < -0.39 is 5.92 Å². The van der Waals surface area contributed by atoms with E-state index in [0.717, 1.165) is 29.8 Å². The molecule has 2 aromatic rings. The van der Waals surface area contributed by atoms with Crippen LogP contribution in [0.5, 0.6) is 23.0 Å². The second-order valence-electron chi connectivity index (χ2n) is 9.62. The first-order valence-corrected chi connectivity index (χ1v) is 12.9. The van der Waals surface area contributed by atoms with Crippen molar-refractivity contribution in [3.05, 3.63) is 47.5 Å². The Morgan fingerprint density at radius 2 is 1.81 bits per heavy atom. The van der Waals surface area contributed by atoms with Crippen molar-refractivity contribution in [3.8, 4) is 23.0 Å². The first-order valence-electron chi connectivity index (χ1n) is 12.9. The van der Waals surface area contributed by atoms with Crippen LogP contribution in [0.15, 0.2) is 36.4 Å². The average molecular weight is 518 g/mol. The van der Waals surface area contributed by atoms with Gasteiger partial charge in [0.1, 0.15) is 30.8 Å². The van der Waals surface area contributed by atoms with Crippen molar-refractivity contribution in [2.45, 2.75) is 37.8 Å². The van der Waals surface area contributed by atoms with Gasteiger partial charge in [0.25, 0.3) is 11.8 Å². The van der Waals surface area contributed by atoms with Crippen molar-refractivity contribution < 1.29 is 32.5 Å². The van der Waals surface area contributed by atoms with Gasteiger partial charge in [0.05, 0.1) is 6.61 Å². The number of amides is 1. The van der Waals surface area contributed by atoms with Crippen molar-refractivity contribution in [2.24, 2.45) is 0 Å². The van der Waals surface area contributed by atoms with Gasteiger partial charge in [0.15, 0.2) is 11.5 Å². The first kappa shape index (κ1) is 25.5. The molecule has 0 saturated carbocycles. The summed E-state index contributed by atoms with van der Waals surface area (Å²) in [7, 11) is 0. The lowest BCUT2D eigenvalue weighted by Gasteiger charge is -2.35. The number of piperidine rings is 1. The maximum absolute atomic E-state index is 13.4. The van der Waals surface area contributed by atoms with Gasteiger partial charge in [-0.25, -0.2) is 8.78 Å². The lowest BCUT2D eigenvalue weighted by molar-refractivity contribution is -0.0627. The molecule has 1 atom stereocenters. The van der Waals surface area contributed by atoms with E-state index >= 15 is 0 Å². The molecule has 37 heavy (non-hydrogen) atoms. The zero-order chi connectivity index (χ0) is 25.7. The molecule has 2 aromatic carbocycles. The van der Waals surface area contributed by atoms with Crippen LogP contribution < -0.4 is 29.6 Å². The Balaban J connectivity index is 0.949. The van der Waals surface area contributed by atoms with Crippen molar-refractivity contribution in [1.29, 1.82) is 0 Å². The first-order chi connectivity index (χ1) is 17.9. The molecule has 0 radical (unpaired) electrons. The minimum absolute atomic E-state index is 0.0304. The number of nitrogens with one attached hydrogen (secondary N) is 2. The molecule has 0 bridgehead atoms. The number of hydrogen-bond acceptors (Lipinski definition) is 7. The molecule has 1 saturated heterocycles. The zero-order valence-corrected chi connectivity index (χ0v) is 20.8. The molecule has 10 heteroatoms. The molecule has 8 nitrogen and oxygen atoms in total. The van der Waals surface area contributed by atoms with E-state index in [1.807, 2.05) is 35.2 Å². The molecule has 3 heterocycles. The summed E-state index contributed by atoms with van der Waals surface area (Å²) < 4.78 is 50.2. The fraction of sp³-hybridized carbons (Fsp3) is 0.519. The minimum atomic E-state index is -2.54. The maximum Gasteiger partial charge on any atom is 0.251 e. The summed E-state index contributed by atoms with van der Waals surface area (Å²) in [6.45, 7) is 4.87. The van der Waals surface area contributed by atoms with E-state index in [2.05, 4.69) is 10.6 Å². The summed E-state index contributed by atoms with van der Waals surface area (Å²) in [4.78, 5) is 13.6. The number of likely N-dealkylation sites (tertiary alicyclic amines) is 1. The topological polar surface area (TPSA) is 81.3 Å². The smallest absolute Gasteiger partial charge is 0.251 e. The lowest BCUT2D eigenvalue weighted by Crippen LogP contribution is -2.46. The third-order valence-corrected chi connectivity index (χ3v) is 6.76. The molecular formula is C27H33F2N3O5. The van der Waals surface area contributed by atoms with Gasteiger partial charge < -0.3 is 29.6 Å². The quantitative estimate of drug-likeness (QED) is 0.443. The Bertz CT molecular complexity index is 1090. The Morgan fingerprint density at radius 3 is 2.68 bits per heavy atom. The highest BCUT2D eigenvalue weighted by Gasteiger charge is 2.35. The second-order valence-corrected chi connectivity index (χ2v) is 9.62. The number of halogens is 2. The normalized spacial score (nSPS) is 20.3. The average Bonchev–Trinajstić information content (AvgIpc) is 3.26. The Labute approximate surface area is 215 Å². The Kier molecular flexibility index (Phi) is 7.95. The van der Waals surface area contributed by atoms with Gasteiger partial charge in [-0.2, -0.15) is 0 Å². The van der Waals surface area contributed by atoms with Crippen LogP contribution in [-0.4, -0.2) is 75.4 Å². The molecule has 5 rings (SSSR count). The highest BCUT2D eigenvalue weighted by Crippen LogP contribution is 2.36. The molecule has 3 aliphatic rings. The van der Waals surface area contributed by atoms with E-state index in [-0.39, 0.29) is 24.9 Å². The van der Waals surface area contributed by atoms with Crippen LogP contribution in [0.25, 0.3) is 0 Å². The third-order valence-electron chi connectivity index (χ3n) is 6.76. The zero-order valence-electron chi connectivity index (χ0n) is 20.8. The summed E-state index contributed by atoms with van der Waals surface area (Å²) in [6.07, 6.45) is 0.458. The number of benzene rings is 2. The summed E-state index contributed by atoms with van der Waals surface area (Å²) >= 11 is 0. The van der Waals surface area contributed by atoms with Crippen LogP contribution in [0.3, 0.4) is 0 Å². The van der Waals surface area contributed by atoms with Gasteiger partial charge >= 0.3 is 0 Å². The number of rotatable bonds is 11. The van der Waals surface area contributed by atoms with E-state index in [1.165, 1.54) is 0 Å². The van der Waals surface area contributed by atoms with Gasteiger partial charge in [-0.1, -0.05) is 0 Å². The second kappa shape index (κ2) is 11.5. The predicted octanol–water partition coefficient (Wildman–Crippen LogP) is 3.24. The number of nitrogens with zero attached hydrogens (tertiary/aromatic N) is 1. The van der Waals surface area contributed by atoms with E-state index in [4.69, 9.17) is 18.9 Å². The highest BCUT2D eigenvalue weighted by atomic mass is 19.3. The Hall–Kier alpha value is -3.11. The van der Waals surface area contributed by atoms with Crippen molar-refractivity contribution in [3.63, 3.8) is 0 Å². The van der Waals surface area contributed by atoms with Gasteiger partial charge in [-0.3, -0.25) is 9.69 Å². The van der Waals surface area contributed by atoms with Crippen molar-refractivity contribution in [2.75, 3.05) is 52.5 Å².